The van der Waals surface area contributed by atoms with Gasteiger partial charge in [0.15, 0.2) is 0 Å². The minimum Gasteiger partial charge on any atom is -0.339 e. The van der Waals surface area contributed by atoms with E-state index in [4.69, 9.17) is 21.9 Å². The standard InChI is InChI=1S/C18H24ClN5O2.ClH/c1-12(2)16(20)18(25)24-9-7-23(8-10-24)11-15-21-17(22-26-15)13-3-5-14(19)6-4-13;/h3-6,12,16H,7-11,20H2,1-2H3;1H/t16-;/m0./s1. The second-order valence-electron chi connectivity index (χ2n) is 6.89. The van der Waals surface area contributed by atoms with Gasteiger partial charge in [0.1, 0.15) is 0 Å². The Morgan fingerprint density at radius 1 is 1.22 bits per heavy atom. The lowest BCUT2D eigenvalue weighted by Gasteiger charge is -2.35. The van der Waals surface area contributed by atoms with Gasteiger partial charge in [0, 0.05) is 36.8 Å². The zero-order valence-electron chi connectivity index (χ0n) is 15.5. The highest BCUT2D eigenvalue weighted by Gasteiger charge is 2.27. The molecule has 9 heteroatoms. The average molecular weight is 414 g/mol. The maximum Gasteiger partial charge on any atom is 0.241 e. The molecule has 1 atom stereocenters. The van der Waals surface area contributed by atoms with Crippen LogP contribution < -0.4 is 5.73 Å². The molecule has 0 aliphatic carbocycles. The number of carbonyl (C=O) groups is 1. The van der Waals surface area contributed by atoms with E-state index >= 15 is 0 Å². The lowest BCUT2D eigenvalue weighted by Crippen LogP contribution is -2.54. The van der Waals surface area contributed by atoms with Crippen molar-refractivity contribution in [2.45, 2.75) is 26.4 Å². The van der Waals surface area contributed by atoms with E-state index in [-0.39, 0.29) is 24.2 Å². The largest absolute Gasteiger partial charge is 0.339 e. The molecule has 27 heavy (non-hydrogen) atoms. The van der Waals surface area contributed by atoms with Crippen LogP contribution in [0.1, 0.15) is 19.7 Å². The topological polar surface area (TPSA) is 88.5 Å². The lowest BCUT2D eigenvalue weighted by atomic mass is 10.0. The third kappa shape index (κ3) is 5.42. The summed E-state index contributed by atoms with van der Waals surface area (Å²) in [7, 11) is 0. The minimum absolute atomic E-state index is 0. The van der Waals surface area contributed by atoms with Gasteiger partial charge >= 0.3 is 0 Å². The molecule has 1 saturated heterocycles. The first-order chi connectivity index (χ1) is 12.4. The molecule has 0 bridgehead atoms. The van der Waals surface area contributed by atoms with Gasteiger partial charge in [0.25, 0.3) is 0 Å². The van der Waals surface area contributed by atoms with Crippen LogP contribution in [0.4, 0.5) is 0 Å². The van der Waals surface area contributed by atoms with Crippen LogP contribution in [0.15, 0.2) is 28.8 Å². The molecule has 1 amide bonds. The first kappa shape index (κ1) is 21.6. The van der Waals surface area contributed by atoms with Crippen molar-refractivity contribution in [2.24, 2.45) is 11.7 Å². The Balaban J connectivity index is 0.00000261. The average Bonchev–Trinajstić information content (AvgIpc) is 3.10. The number of hydrogen-bond acceptors (Lipinski definition) is 6. The summed E-state index contributed by atoms with van der Waals surface area (Å²) in [5.74, 6) is 1.29. The number of amides is 1. The first-order valence-electron chi connectivity index (χ1n) is 8.79. The van der Waals surface area contributed by atoms with Gasteiger partial charge in [-0.15, -0.1) is 12.4 Å². The molecule has 1 aliphatic rings. The maximum absolute atomic E-state index is 12.3. The van der Waals surface area contributed by atoms with Gasteiger partial charge in [-0.05, 0) is 30.2 Å². The number of piperazine rings is 1. The fourth-order valence-corrected chi connectivity index (χ4v) is 2.97. The van der Waals surface area contributed by atoms with Crippen LogP contribution in [0.3, 0.4) is 0 Å². The van der Waals surface area contributed by atoms with Gasteiger partial charge in [0.2, 0.25) is 17.6 Å². The van der Waals surface area contributed by atoms with E-state index in [9.17, 15) is 4.79 Å². The van der Waals surface area contributed by atoms with Crippen LogP contribution in [-0.4, -0.2) is 58.1 Å². The van der Waals surface area contributed by atoms with Gasteiger partial charge < -0.3 is 15.2 Å². The van der Waals surface area contributed by atoms with Crippen molar-refractivity contribution in [1.82, 2.24) is 19.9 Å². The summed E-state index contributed by atoms with van der Waals surface area (Å²) in [6, 6.07) is 6.88. The first-order valence-corrected chi connectivity index (χ1v) is 9.17. The van der Waals surface area contributed by atoms with Crippen molar-refractivity contribution >= 4 is 29.9 Å². The van der Waals surface area contributed by atoms with Gasteiger partial charge in [-0.1, -0.05) is 30.6 Å². The van der Waals surface area contributed by atoms with E-state index < -0.39 is 6.04 Å². The smallest absolute Gasteiger partial charge is 0.241 e. The second-order valence-corrected chi connectivity index (χ2v) is 7.33. The van der Waals surface area contributed by atoms with E-state index in [0.29, 0.717) is 36.4 Å². The van der Waals surface area contributed by atoms with Crippen LogP contribution in [0.2, 0.25) is 5.02 Å². The zero-order valence-corrected chi connectivity index (χ0v) is 17.0. The van der Waals surface area contributed by atoms with Crippen LogP contribution in [0.5, 0.6) is 0 Å². The quantitative estimate of drug-likeness (QED) is 0.809. The van der Waals surface area contributed by atoms with Crippen LogP contribution >= 0.6 is 24.0 Å². The highest BCUT2D eigenvalue weighted by atomic mass is 35.5. The van der Waals surface area contributed by atoms with Crippen molar-refractivity contribution < 1.29 is 9.32 Å². The van der Waals surface area contributed by atoms with E-state index in [1.165, 1.54) is 0 Å². The Kier molecular flexibility index (Phi) is 7.61. The van der Waals surface area contributed by atoms with Crippen molar-refractivity contribution in [1.29, 1.82) is 0 Å². The Morgan fingerprint density at radius 3 is 2.44 bits per heavy atom. The summed E-state index contributed by atoms with van der Waals surface area (Å²) in [4.78, 5) is 20.8. The summed E-state index contributed by atoms with van der Waals surface area (Å²) < 4.78 is 5.36. The highest BCUT2D eigenvalue weighted by Crippen LogP contribution is 2.19. The van der Waals surface area contributed by atoms with Gasteiger partial charge in [-0.3, -0.25) is 9.69 Å². The molecule has 148 valence electrons. The summed E-state index contributed by atoms with van der Waals surface area (Å²) >= 11 is 5.90. The number of carbonyl (C=O) groups excluding carboxylic acids is 1. The molecule has 2 aromatic rings. The molecule has 0 saturated carbocycles. The van der Waals surface area contributed by atoms with E-state index in [1.54, 1.807) is 12.1 Å². The number of aromatic nitrogens is 2. The number of hydrogen-bond donors (Lipinski definition) is 1. The van der Waals surface area contributed by atoms with Gasteiger partial charge in [-0.2, -0.15) is 4.98 Å². The Morgan fingerprint density at radius 2 is 1.85 bits per heavy atom. The van der Waals surface area contributed by atoms with Gasteiger partial charge in [0.05, 0.1) is 12.6 Å². The van der Waals surface area contributed by atoms with Crippen LogP contribution in [0, 0.1) is 5.92 Å². The number of benzene rings is 1. The summed E-state index contributed by atoms with van der Waals surface area (Å²) in [5.41, 5.74) is 6.83. The Labute approximate surface area is 170 Å². The molecule has 1 aromatic carbocycles. The maximum atomic E-state index is 12.3. The summed E-state index contributed by atoms with van der Waals surface area (Å²) in [5, 5.41) is 4.70. The molecular weight excluding hydrogens is 389 g/mol. The normalized spacial score (nSPS) is 16.3. The predicted molar refractivity (Wildman–Crippen MR) is 107 cm³/mol. The molecule has 1 fully saturated rings. The predicted octanol–water partition coefficient (Wildman–Crippen LogP) is 2.44. The van der Waals surface area contributed by atoms with Crippen molar-refractivity contribution in [3.63, 3.8) is 0 Å². The third-order valence-electron chi connectivity index (χ3n) is 4.62. The molecule has 0 spiro atoms. The molecule has 0 unspecified atom stereocenters. The summed E-state index contributed by atoms with van der Waals surface area (Å²) in [6.45, 7) is 7.34. The van der Waals surface area contributed by atoms with Gasteiger partial charge in [-0.25, -0.2) is 0 Å². The summed E-state index contributed by atoms with van der Waals surface area (Å²) in [6.07, 6.45) is 0. The monoisotopic (exact) mass is 413 g/mol. The fraction of sp³-hybridized carbons (Fsp3) is 0.500. The van der Waals surface area contributed by atoms with E-state index in [2.05, 4.69) is 15.0 Å². The molecular formula is C18H25Cl2N5O2. The number of halogens is 2. The number of nitrogens with two attached hydrogens (primary N) is 1. The lowest BCUT2D eigenvalue weighted by molar-refractivity contribution is -0.135. The van der Waals surface area contributed by atoms with E-state index in [1.807, 2.05) is 30.9 Å². The minimum atomic E-state index is -0.431. The molecule has 1 aliphatic heterocycles. The molecule has 2 heterocycles. The third-order valence-corrected chi connectivity index (χ3v) is 4.87. The second kappa shape index (κ2) is 9.50. The Bertz CT molecular complexity index is 742. The van der Waals surface area contributed by atoms with Crippen LogP contribution in [0.25, 0.3) is 11.4 Å². The molecule has 0 radical (unpaired) electrons. The Hall–Kier alpha value is -1.67. The molecule has 2 N–H and O–H groups in total. The molecule has 1 aromatic heterocycles. The molecule has 3 rings (SSSR count). The molecule has 7 nitrogen and oxygen atoms in total. The van der Waals surface area contributed by atoms with E-state index in [0.717, 1.165) is 18.7 Å². The number of nitrogens with zero attached hydrogens (tertiary/aromatic N) is 4. The zero-order chi connectivity index (χ0) is 18.7. The highest BCUT2D eigenvalue weighted by molar-refractivity contribution is 6.30. The van der Waals surface area contributed by atoms with Crippen molar-refractivity contribution in [2.75, 3.05) is 26.2 Å². The SMILES string of the molecule is CC(C)[C@H](N)C(=O)N1CCN(Cc2nc(-c3ccc(Cl)cc3)no2)CC1.Cl. The van der Waals surface area contributed by atoms with Crippen molar-refractivity contribution in [3.05, 3.63) is 35.2 Å². The van der Waals surface area contributed by atoms with Crippen LogP contribution in [-0.2, 0) is 11.3 Å². The fourth-order valence-electron chi connectivity index (χ4n) is 2.85. The number of rotatable bonds is 5. The van der Waals surface area contributed by atoms with Crippen molar-refractivity contribution in [3.8, 4) is 11.4 Å².